The van der Waals surface area contributed by atoms with Crippen molar-refractivity contribution < 1.29 is 4.42 Å². The third-order valence-electron chi connectivity index (χ3n) is 1.70. The summed E-state index contributed by atoms with van der Waals surface area (Å²) < 4.78 is 4.88. The zero-order valence-electron chi connectivity index (χ0n) is 7.19. The van der Waals surface area contributed by atoms with Crippen LogP contribution in [0.5, 0.6) is 0 Å². The fraction of sp³-hybridized carbons (Fsp3) is 0.111. The second kappa shape index (κ2) is 2.90. The van der Waals surface area contributed by atoms with Crippen LogP contribution < -0.4 is 5.73 Å². The fourth-order valence-corrected chi connectivity index (χ4v) is 1.02. The number of nitrogen functional groups attached to an aromatic ring is 1. The highest BCUT2D eigenvalue weighted by Crippen LogP contribution is 2.16. The lowest BCUT2D eigenvalue weighted by molar-refractivity contribution is 0.581. The molecular weight excluding hydrogens is 166 g/mol. The molecule has 4 nitrogen and oxygen atoms in total. The van der Waals surface area contributed by atoms with Gasteiger partial charge in [-0.2, -0.15) is 4.98 Å². The number of aryl methyl sites for hydroxylation is 1. The van der Waals surface area contributed by atoms with Gasteiger partial charge in [-0.1, -0.05) is 6.07 Å². The van der Waals surface area contributed by atoms with Gasteiger partial charge < -0.3 is 10.2 Å². The van der Waals surface area contributed by atoms with Gasteiger partial charge in [0, 0.05) is 6.20 Å². The largest absolute Gasteiger partial charge is 0.432 e. The van der Waals surface area contributed by atoms with Crippen molar-refractivity contribution in [3.8, 4) is 11.4 Å². The number of nitrogens with zero attached hydrogens (tertiary/aromatic N) is 2. The number of anilines is 1. The van der Waals surface area contributed by atoms with Crippen molar-refractivity contribution in [3.63, 3.8) is 0 Å². The molecule has 0 unspecified atom stereocenters. The van der Waals surface area contributed by atoms with Crippen LogP contribution in [0.4, 0.5) is 6.01 Å². The molecule has 0 spiro atoms. The number of rotatable bonds is 1. The van der Waals surface area contributed by atoms with E-state index in [-0.39, 0.29) is 6.01 Å². The van der Waals surface area contributed by atoms with Gasteiger partial charge in [0.1, 0.15) is 12.0 Å². The second-order valence-corrected chi connectivity index (χ2v) is 2.79. The molecule has 66 valence electrons. The summed E-state index contributed by atoms with van der Waals surface area (Å²) >= 11 is 0. The number of nitrogens with two attached hydrogens (primary N) is 1. The van der Waals surface area contributed by atoms with Gasteiger partial charge in [-0.25, -0.2) is 0 Å². The van der Waals surface area contributed by atoms with E-state index in [1.165, 1.54) is 6.26 Å². The van der Waals surface area contributed by atoms with E-state index in [1.54, 1.807) is 6.20 Å². The molecule has 2 heterocycles. The van der Waals surface area contributed by atoms with Crippen LogP contribution in [0.15, 0.2) is 29.0 Å². The van der Waals surface area contributed by atoms with Gasteiger partial charge in [-0.05, 0) is 18.6 Å². The van der Waals surface area contributed by atoms with Crippen LogP contribution in [0.1, 0.15) is 5.56 Å². The Morgan fingerprint density at radius 2 is 2.15 bits per heavy atom. The molecule has 0 fully saturated rings. The zero-order valence-corrected chi connectivity index (χ0v) is 7.19. The van der Waals surface area contributed by atoms with E-state index in [2.05, 4.69) is 9.97 Å². The molecule has 0 aromatic carbocycles. The first-order valence-corrected chi connectivity index (χ1v) is 3.90. The van der Waals surface area contributed by atoms with E-state index in [1.807, 2.05) is 19.1 Å². The maximum atomic E-state index is 5.34. The van der Waals surface area contributed by atoms with Crippen molar-refractivity contribution in [2.75, 3.05) is 5.73 Å². The number of aromatic nitrogens is 2. The van der Waals surface area contributed by atoms with Gasteiger partial charge in [0.25, 0.3) is 6.01 Å². The summed E-state index contributed by atoms with van der Waals surface area (Å²) in [6.45, 7) is 1.98. The van der Waals surface area contributed by atoms with Crippen molar-refractivity contribution in [1.29, 1.82) is 0 Å². The average Bonchev–Trinajstić information content (AvgIpc) is 2.53. The van der Waals surface area contributed by atoms with E-state index in [0.717, 1.165) is 11.3 Å². The lowest BCUT2D eigenvalue weighted by Gasteiger charge is -1.94. The Balaban J connectivity index is 2.41. The molecule has 0 aliphatic carbocycles. The highest BCUT2D eigenvalue weighted by molar-refractivity contribution is 5.53. The van der Waals surface area contributed by atoms with Crippen LogP contribution >= 0.6 is 0 Å². The molecule has 0 aliphatic heterocycles. The lowest BCUT2D eigenvalue weighted by atomic mass is 10.2. The predicted octanol–water partition coefficient (Wildman–Crippen LogP) is 1.63. The van der Waals surface area contributed by atoms with Crippen LogP contribution in [0.3, 0.4) is 0 Å². The second-order valence-electron chi connectivity index (χ2n) is 2.79. The van der Waals surface area contributed by atoms with E-state index in [0.29, 0.717) is 5.69 Å². The highest BCUT2D eigenvalue weighted by Gasteiger charge is 2.03. The molecular formula is C9H9N3O. The molecule has 4 heteroatoms. The summed E-state index contributed by atoms with van der Waals surface area (Å²) in [5, 5.41) is 0. The topological polar surface area (TPSA) is 64.9 Å². The molecule has 2 rings (SSSR count). The molecule has 2 N–H and O–H groups in total. The standard InChI is InChI=1S/C9H9N3O/c1-6-2-3-7(11-4-6)8-5-13-9(10)12-8/h2-5H,1H3,(H2,10,12). The number of oxazole rings is 1. The third-order valence-corrected chi connectivity index (χ3v) is 1.70. The molecule has 2 aromatic heterocycles. The third kappa shape index (κ3) is 1.51. The first-order valence-electron chi connectivity index (χ1n) is 3.90. The summed E-state index contributed by atoms with van der Waals surface area (Å²) in [4.78, 5) is 8.14. The van der Waals surface area contributed by atoms with Gasteiger partial charge in [-0.15, -0.1) is 0 Å². The normalized spacial score (nSPS) is 10.2. The molecule has 0 saturated heterocycles. The van der Waals surface area contributed by atoms with E-state index < -0.39 is 0 Å². The monoisotopic (exact) mass is 175 g/mol. The summed E-state index contributed by atoms with van der Waals surface area (Å²) in [7, 11) is 0. The lowest BCUT2D eigenvalue weighted by Crippen LogP contribution is -1.86. The summed E-state index contributed by atoms with van der Waals surface area (Å²) in [6, 6.07) is 4.01. The molecule has 0 bridgehead atoms. The Bertz CT molecular complexity index is 405. The van der Waals surface area contributed by atoms with Gasteiger partial charge in [0.2, 0.25) is 0 Å². The molecule has 0 saturated carbocycles. The smallest absolute Gasteiger partial charge is 0.292 e. The molecule has 0 aliphatic rings. The summed E-state index contributed by atoms with van der Waals surface area (Å²) in [5.41, 5.74) is 7.89. The number of hydrogen-bond donors (Lipinski definition) is 1. The fourth-order valence-electron chi connectivity index (χ4n) is 1.02. The minimum atomic E-state index is 0.164. The maximum Gasteiger partial charge on any atom is 0.292 e. The number of hydrogen-bond acceptors (Lipinski definition) is 4. The van der Waals surface area contributed by atoms with Gasteiger partial charge in [-0.3, -0.25) is 4.98 Å². The van der Waals surface area contributed by atoms with Crippen molar-refractivity contribution in [2.24, 2.45) is 0 Å². The minimum absolute atomic E-state index is 0.164. The molecule has 13 heavy (non-hydrogen) atoms. The average molecular weight is 175 g/mol. The summed E-state index contributed by atoms with van der Waals surface area (Å²) in [5.74, 6) is 0. The number of pyridine rings is 1. The van der Waals surface area contributed by atoms with Crippen molar-refractivity contribution >= 4 is 6.01 Å². The maximum absolute atomic E-state index is 5.34. The van der Waals surface area contributed by atoms with E-state index >= 15 is 0 Å². The first kappa shape index (κ1) is 7.79. The minimum Gasteiger partial charge on any atom is -0.432 e. The van der Waals surface area contributed by atoms with E-state index in [9.17, 15) is 0 Å². The SMILES string of the molecule is Cc1ccc(-c2coc(N)n2)nc1. The van der Waals surface area contributed by atoms with E-state index in [4.69, 9.17) is 10.2 Å². The molecule has 0 radical (unpaired) electrons. The van der Waals surface area contributed by atoms with Crippen LogP contribution in [-0.2, 0) is 0 Å². The van der Waals surface area contributed by atoms with Crippen LogP contribution in [-0.4, -0.2) is 9.97 Å². The van der Waals surface area contributed by atoms with Gasteiger partial charge in [0.15, 0.2) is 0 Å². The van der Waals surface area contributed by atoms with Gasteiger partial charge >= 0.3 is 0 Å². The molecule has 0 amide bonds. The Kier molecular flexibility index (Phi) is 1.73. The predicted molar refractivity (Wildman–Crippen MR) is 48.9 cm³/mol. The Morgan fingerprint density at radius 3 is 2.69 bits per heavy atom. The van der Waals surface area contributed by atoms with Crippen molar-refractivity contribution in [1.82, 2.24) is 9.97 Å². The first-order chi connectivity index (χ1) is 6.25. The quantitative estimate of drug-likeness (QED) is 0.715. The summed E-state index contributed by atoms with van der Waals surface area (Å²) in [6.07, 6.45) is 3.27. The van der Waals surface area contributed by atoms with Crippen LogP contribution in [0.2, 0.25) is 0 Å². The van der Waals surface area contributed by atoms with Crippen molar-refractivity contribution in [2.45, 2.75) is 6.92 Å². The van der Waals surface area contributed by atoms with Crippen LogP contribution in [0.25, 0.3) is 11.4 Å². The zero-order chi connectivity index (χ0) is 9.26. The van der Waals surface area contributed by atoms with Gasteiger partial charge in [0.05, 0.1) is 5.69 Å². The van der Waals surface area contributed by atoms with Crippen molar-refractivity contribution in [3.05, 3.63) is 30.2 Å². The van der Waals surface area contributed by atoms with Crippen LogP contribution in [0, 0.1) is 6.92 Å². The Labute approximate surface area is 75.4 Å². The molecule has 0 atom stereocenters. The Morgan fingerprint density at radius 1 is 1.31 bits per heavy atom. The highest BCUT2D eigenvalue weighted by atomic mass is 16.4. The molecule has 2 aromatic rings. The Hall–Kier alpha value is -1.84.